The summed E-state index contributed by atoms with van der Waals surface area (Å²) in [5.41, 5.74) is 2.88. The van der Waals surface area contributed by atoms with Crippen LogP contribution < -0.4 is 5.32 Å². The van der Waals surface area contributed by atoms with Crippen LogP contribution in [0.25, 0.3) is 5.69 Å². The average molecular weight is 398 g/mol. The predicted octanol–water partition coefficient (Wildman–Crippen LogP) is 4.22. The van der Waals surface area contributed by atoms with Crippen molar-refractivity contribution in [1.82, 2.24) is 14.8 Å². The molecule has 0 aliphatic heterocycles. The number of benzene rings is 2. The maximum absolute atomic E-state index is 12.5. The van der Waals surface area contributed by atoms with Crippen molar-refractivity contribution in [3.8, 4) is 11.8 Å². The van der Waals surface area contributed by atoms with Crippen LogP contribution in [0.1, 0.15) is 18.1 Å². The summed E-state index contributed by atoms with van der Waals surface area (Å²) in [6.07, 6.45) is 1.59. The van der Waals surface area contributed by atoms with Gasteiger partial charge in [-0.05, 0) is 49.7 Å². The van der Waals surface area contributed by atoms with E-state index in [1.165, 1.54) is 11.8 Å². The third-order valence-electron chi connectivity index (χ3n) is 3.86. The third kappa shape index (κ3) is 4.48. The number of halogens is 1. The van der Waals surface area contributed by atoms with E-state index in [0.717, 1.165) is 11.3 Å². The van der Waals surface area contributed by atoms with Crippen molar-refractivity contribution in [1.29, 1.82) is 5.26 Å². The van der Waals surface area contributed by atoms with E-state index >= 15 is 0 Å². The summed E-state index contributed by atoms with van der Waals surface area (Å²) in [7, 11) is 0. The highest BCUT2D eigenvalue weighted by molar-refractivity contribution is 8.00. The molecule has 1 N–H and O–H groups in total. The minimum Gasteiger partial charge on any atom is -0.325 e. The molecule has 3 rings (SSSR count). The van der Waals surface area contributed by atoms with Gasteiger partial charge < -0.3 is 5.32 Å². The molecule has 27 heavy (non-hydrogen) atoms. The summed E-state index contributed by atoms with van der Waals surface area (Å²) < 4.78 is 1.79. The molecule has 1 atom stereocenters. The SMILES string of the molecule is Cc1ccc(-n2cnnc2SC(C)C(=O)Nc2cccc(C#N)c2)cc1Cl. The number of carbonyl (C=O) groups excluding carboxylic acids is 1. The molecule has 0 bridgehead atoms. The molecule has 0 aliphatic carbocycles. The van der Waals surface area contributed by atoms with Crippen molar-refractivity contribution in [3.05, 3.63) is 64.9 Å². The Morgan fingerprint density at radius 3 is 2.89 bits per heavy atom. The number of aryl methyl sites for hydroxylation is 1. The zero-order valence-electron chi connectivity index (χ0n) is 14.7. The normalized spacial score (nSPS) is 11.6. The molecule has 8 heteroatoms. The maximum Gasteiger partial charge on any atom is 0.237 e. The molecule has 136 valence electrons. The Morgan fingerprint density at radius 1 is 1.33 bits per heavy atom. The van der Waals surface area contributed by atoms with Crippen molar-refractivity contribution < 1.29 is 4.79 Å². The van der Waals surface area contributed by atoms with Crippen molar-refractivity contribution >= 4 is 35.0 Å². The lowest BCUT2D eigenvalue weighted by Gasteiger charge is -2.13. The smallest absolute Gasteiger partial charge is 0.237 e. The second-order valence-corrected chi connectivity index (χ2v) is 7.57. The number of rotatable bonds is 5. The lowest BCUT2D eigenvalue weighted by Crippen LogP contribution is -2.22. The fraction of sp³-hybridized carbons (Fsp3) is 0.158. The second kappa shape index (κ2) is 8.25. The Labute approximate surface area is 166 Å². The molecule has 0 saturated heterocycles. The van der Waals surface area contributed by atoms with Crippen LogP contribution in [0.2, 0.25) is 5.02 Å². The van der Waals surface area contributed by atoms with Crippen LogP contribution in [0.3, 0.4) is 0 Å². The van der Waals surface area contributed by atoms with E-state index in [4.69, 9.17) is 16.9 Å². The molecular weight excluding hydrogens is 382 g/mol. The van der Waals surface area contributed by atoms with Gasteiger partial charge in [0.2, 0.25) is 5.91 Å². The number of nitrogens with one attached hydrogen (secondary N) is 1. The topological polar surface area (TPSA) is 83.6 Å². The lowest BCUT2D eigenvalue weighted by molar-refractivity contribution is -0.115. The Morgan fingerprint density at radius 2 is 2.15 bits per heavy atom. The molecule has 0 aliphatic rings. The first-order chi connectivity index (χ1) is 13.0. The minimum atomic E-state index is -0.417. The summed E-state index contributed by atoms with van der Waals surface area (Å²) in [4.78, 5) is 12.5. The molecule has 2 aromatic carbocycles. The van der Waals surface area contributed by atoms with E-state index in [1.807, 2.05) is 25.1 Å². The Kier molecular flexibility index (Phi) is 5.79. The van der Waals surface area contributed by atoms with Crippen LogP contribution in [0.15, 0.2) is 53.9 Å². The monoisotopic (exact) mass is 397 g/mol. The van der Waals surface area contributed by atoms with Gasteiger partial charge in [0.1, 0.15) is 6.33 Å². The number of nitrogens with zero attached hydrogens (tertiary/aromatic N) is 4. The van der Waals surface area contributed by atoms with Gasteiger partial charge in [-0.1, -0.05) is 35.5 Å². The number of carbonyl (C=O) groups is 1. The molecule has 1 heterocycles. The van der Waals surface area contributed by atoms with E-state index in [1.54, 1.807) is 42.1 Å². The van der Waals surface area contributed by atoms with E-state index in [2.05, 4.69) is 21.6 Å². The first kappa shape index (κ1) is 19.0. The van der Waals surface area contributed by atoms with Crippen LogP contribution in [0, 0.1) is 18.3 Å². The predicted molar refractivity (Wildman–Crippen MR) is 106 cm³/mol. The van der Waals surface area contributed by atoms with Crippen molar-refractivity contribution in [2.45, 2.75) is 24.3 Å². The van der Waals surface area contributed by atoms with Crippen molar-refractivity contribution in [2.75, 3.05) is 5.32 Å². The highest BCUT2D eigenvalue weighted by Crippen LogP contribution is 2.27. The molecule has 1 unspecified atom stereocenters. The number of hydrogen-bond acceptors (Lipinski definition) is 5. The molecule has 6 nitrogen and oxygen atoms in total. The maximum atomic E-state index is 12.5. The molecule has 0 radical (unpaired) electrons. The first-order valence-electron chi connectivity index (χ1n) is 8.12. The van der Waals surface area contributed by atoms with E-state index < -0.39 is 5.25 Å². The van der Waals surface area contributed by atoms with Crippen LogP contribution >= 0.6 is 23.4 Å². The molecule has 1 aromatic heterocycles. The zero-order chi connectivity index (χ0) is 19.4. The molecule has 0 spiro atoms. The summed E-state index contributed by atoms with van der Waals surface area (Å²) in [6, 6.07) is 14.5. The van der Waals surface area contributed by atoms with Crippen molar-refractivity contribution in [2.24, 2.45) is 0 Å². The third-order valence-corrected chi connectivity index (χ3v) is 5.32. The highest BCUT2D eigenvalue weighted by Gasteiger charge is 2.19. The van der Waals surface area contributed by atoms with Gasteiger partial charge >= 0.3 is 0 Å². The lowest BCUT2D eigenvalue weighted by atomic mass is 10.2. The van der Waals surface area contributed by atoms with Gasteiger partial charge in [-0.15, -0.1) is 10.2 Å². The van der Waals surface area contributed by atoms with Gasteiger partial charge in [-0.25, -0.2) is 0 Å². The fourth-order valence-corrected chi connectivity index (χ4v) is 3.35. The Bertz CT molecular complexity index is 1030. The van der Waals surface area contributed by atoms with E-state index in [0.29, 0.717) is 21.4 Å². The van der Waals surface area contributed by atoms with Gasteiger partial charge in [-0.2, -0.15) is 5.26 Å². The summed E-state index contributed by atoms with van der Waals surface area (Å²) >= 11 is 7.49. The standard InChI is InChI=1S/C19H16ClN5OS/c1-12-6-7-16(9-17(12)20)25-11-22-24-19(25)27-13(2)18(26)23-15-5-3-4-14(8-15)10-21/h3-9,11,13H,1-2H3,(H,23,26). The van der Waals surface area contributed by atoms with Crippen LogP contribution in [-0.4, -0.2) is 25.9 Å². The second-order valence-electron chi connectivity index (χ2n) is 5.86. The average Bonchev–Trinajstić information content (AvgIpc) is 3.12. The Balaban J connectivity index is 1.73. The number of nitriles is 1. The number of anilines is 1. The largest absolute Gasteiger partial charge is 0.325 e. The Hall–Kier alpha value is -2.82. The van der Waals surface area contributed by atoms with Gasteiger partial charge in [0, 0.05) is 10.7 Å². The van der Waals surface area contributed by atoms with E-state index in [-0.39, 0.29) is 5.91 Å². The van der Waals surface area contributed by atoms with Gasteiger partial charge in [-0.3, -0.25) is 9.36 Å². The summed E-state index contributed by atoms with van der Waals surface area (Å²) in [5, 5.41) is 20.7. The van der Waals surface area contributed by atoms with Gasteiger partial charge in [0.05, 0.1) is 22.6 Å². The quantitative estimate of drug-likeness (QED) is 0.651. The summed E-state index contributed by atoms with van der Waals surface area (Å²) in [6.45, 7) is 3.72. The fourth-order valence-electron chi connectivity index (χ4n) is 2.34. The molecular formula is C19H16ClN5OS. The summed E-state index contributed by atoms with van der Waals surface area (Å²) in [5.74, 6) is -0.188. The van der Waals surface area contributed by atoms with Crippen LogP contribution in [0.5, 0.6) is 0 Å². The zero-order valence-corrected chi connectivity index (χ0v) is 16.3. The molecule has 3 aromatic rings. The minimum absolute atomic E-state index is 0.188. The highest BCUT2D eigenvalue weighted by atomic mass is 35.5. The van der Waals surface area contributed by atoms with Gasteiger partial charge in [0.25, 0.3) is 0 Å². The first-order valence-corrected chi connectivity index (χ1v) is 9.38. The molecule has 0 fully saturated rings. The van der Waals surface area contributed by atoms with Crippen LogP contribution in [0.4, 0.5) is 5.69 Å². The molecule has 0 saturated carbocycles. The van der Waals surface area contributed by atoms with Crippen molar-refractivity contribution in [3.63, 3.8) is 0 Å². The number of hydrogen-bond donors (Lipinski definition) is 1. The van der Waals surface area contributed by atoms with Gasteiger partial charge in [0.15, 0.2) is 5.16 Å². The van der Waals surface area contributed by atoms with E-state index in [9.17, 15) is 4.79 Å². The number of amides is 1. The van der Waals surface area contributed by atoms with Crippen LogP contribution in [-0.2, 0) is 4.79 Å². The molecule has 1 amide bonds. The number of thioether (sulfide) groups is 1. The number of aromatic nitrogens is 3.